The predicted octanol–water partition coefficient (Wildman–Crippen LogP) is 4.00. The maximum Gasteiger partial charge on any atom is 0.321 e. The number of carbonyl (C=O) groups is 1. The molecule has 9 nitrogen and oxygen atoms in total. The number of hydrogen-bond donors (Lipinski definition) is 2. The zero-order valence-corrected chi connectivity index (χ0v) is 19.1. The molecule has 0 saturated carbocycles. The van der Waals surface area contributed by atoms with Crippen LogP contribution >= 0.6 is 0 Å². The number of hydrogen-bond acceptors (Lipinski definition) is 6. The summed E-state index contributed by atoms with van der Waals surface area (Å²) in [5.74, 6) is 2.11. The van der Waals surface area contributed by atoms with Crippen LogP contribution in [0, 0.1) is 0 Å². The Morgan fingerprint density at radius 3 is 2.32 bits per heavy atom. The van der Waals surface area contributed by atoms with Gasteiger partial charge in [-0.1, -0.05) is 30.3 Å². The molecule has 5 rings (SSSR count). The fourth-order valence-corrected chi connectivity index (χ4v) is 4.16. The Balaban J connectivity index is 1.28. The lowest BCUT2D eigenvalue weighted by atomic mass is 10.1. The van der Waals surface area contributed by atoms with E-state index in [2.05, 4.69) is 43.4 Å². The topological polar surface area (TPSA) is 95.6 Å². The third-order valence-corrected chi connectivity index (χ3v) is 5.96. The highest BCUT2D eigenvalue weighted by atomic mass is 16.5. The summed E-state index contributed by atoms with van der Waals surface area (Å²) in [6, 6.07) is 17.4. The van der Waals surface area contributed by atoms with Gasteiger partial charge in [0.1, 0.15) is 29.3 Å². The highest BCUT2D eigenvalue weighted by molar-refractivity contribution is 5.92. The average Bonchev–Trinajstić information content (AvgIpc) is 3.33. The van der Waals surface area contributed by atoms with E-state index in [0.717, 1.165) is 28.1 Å². The van der Waals surface area contributed by atoms with Gasteiger partial charge in [-0.05, 0) is 11.6 Å². The van der Waals surface area contributed by atoms with Crippen LogP contribution in [0.3, 0.4) is 0 Å². The molecule has 174 valence electrons. The van der Waals surface area contributed by atoms with Crippen LogP contribution in [-0.2, 0) is 0 Å². The third-order valence-electron chi connectivity index (χ3n) is 5.96. The molecule has 1 aliphatic rings. The standard InChI is InChI=1S/C25H26N6O3/c1-33-19-12-18(13-20(14-19)34-2)28-25(32)31-10-8-30(9-11-31)24-21-15-22(17-6-4-3-5-7-17)29-23(21)26-16-27-24/h3-7,12-16H,8-11H2,1-2H3,(H,28,32)(H,26,27,29). The van der Waals surface area contributed by atoms with Crippen LogP contribution in [0.1, 0.15) is 0 Å². The van der Waals surface area contributed by atoms with Crippen molar-refractivity contribution >= 4 is 28.6 Å². The van der Waals surface area contributed by atoms with E-state index >= 15 is 0 Å². The summed E-state index contributed by atoms with van der Waals surface area (Å²) in [4.78, 5) is 29.2. The van der Waals surface area contributed by atoms with Crippen LogP contribution in [0.2, 0.25) is 0 Å². The Kier molecular flexibility index (Phi) is 5.90. The van der Waals surface area contributed by atoms with Crippen LogP contribution in [0.15, 0.2) is 60.9 Å². The monoisotopic (exact) mass is 458 g/mol. The van der Waals surface area contributed by atoms with Gasteiger partial charge in [0.25, 0.3) is 0 Å². The fourth-order valence-electron chi connectivity index (χ4n) is 4.16. The molecule has 0 radical (unpaired) electrons. The first-order chi connectivity index (χ1) is 16.6. The second-order valence-corrected chi connectivity index (χ2v) is 8.01. The Morgan fingerprint density at radius 1 is 0.941 bits per heavy atom. The van der Waals surface area contributed by atoms with Gasteiger partial charge in [-0.15, -0.1) is 0 Å². The van der Waals surface area contributed by atoms with Crippen molar-refractivity contribution in [1.29, 1.82) is 0 Å². The minimum Gasteiger partial charge on any atom is -0.497 e. The molecule has 4 aromatic rings. The van der Waals surface area contributed by atoms with E-state index in [1.165, 1.54) is 0 Å². The fraction of sp³-hybridized carbons (Fsp3) is 0.240. The van der Waals surface area contributed by atoms with Gasteiger partial charge < -0.3 is 29.6 Å². The summed E-state index contributed by atoms with van der Waals surface area (Å²) in [5, 5.41) is 3.92. The summed E-state index contributed by atoms with van der Waals surface area (Å²) in [6.07, 6.45) is 1.58. The number of aromatic amines is 1. The summed E-state index contributed by atoms with van der Waals surface area (Å²) in [5.41, 5.74) is 3.53. The molecule has 1 fully saturated rings. The number of rotatable bonds is 5. The van der Waals surface area contributed by atoms with Gasteiger partial charge in [-0.25, -0.2) is 14.8 Å². The lowest BCUT2D eigenvalue weighted by Gasteiger charge is -2.35. The molecule has 2 N–H and O–H groups in total. The molecule has 2 aromatic carbocycles. The normalized spacial score (nSPS) is 13.7. The number of nitrogens with one attached hydrogen (secondary N) is 2. The zero-order chi connectivity index (χ0) is 23.5. The molecule has 0 spiro atoms. The molecule has 3 heterocycles. The second kappa shape index (κ2) is 9.30. The van der Waals surface area contributed by atoms with E-state index in [-0.39, 0.29) is 6.03 Å². The lowest BCUT2D eigenvalue weighted by Crippen LogP contribution is -2.50. The number of fused-ring (bicyclic) bond motifs is 1. The average molecular weight is 459 g/mol. The van der Waals surface area contributed by atoms with Crippen LogP contribution in [0.25, 0.3) is 22.3 Å². The molecule has 0 unspecified atom stereocenters. The van der Waals surface area contributed by atoms with Crippen molar-refractivity contribution in [1.82, 2.24) is 19.9 Å². The Labute approximate surface area is 197 Å². The number of amides is 2. The quantitative estimate of drug-likeness (QED) is 0.469. The van der Waals surface area contributed by atoms with Gasteiger partial charge in [0, 0.05) is 55.8 Å². The minimum atomic E-state index is -0.157. The summed E-state index contributed by atoms with van der Waals surface area (Å²) in [6.45, 7) is 2.50. The molecule has 1 aliphatic heterocycles. The van der Waals surface area contributed by atoms with Gasteiger partial charge in [-0.2, -0.15) is 0 Å². The number of nitrogens with zero attached hydrogens (tertiary/aromatic N) is 4. The molecule has 2 amide bonds. The number of H-pyrrole nitrogens is 1. The molecule has 0 aliphatic carbocycles. The van der Waals surface area contributed by atoms with Gasteiger partial charge in [-0.3, -0.25) is 0 Å². The number of ether oxygens (including phenoxy) is 2. The van der Waals surface area contributed by atoms with Crippen LogP contribution < -0.4 is 19.7 Å². The first-order valence-electron chi connectivity index (χ1n) is 11.1. The van der Waals surface area contributed by atoms with Crippen LogP contribution in [0.5, 0.6) is 11.5 Å². The Morgan fingerprint density at radius 2 is 1.65 bits per heavy atom. The van der Waals surface area contributed by atoms with E-state index in [9.17, 15) is 4.79 Å². The number of anilines is 2. The van der Waals surface area contributed by atoms with Crippen molar-refractivity contribution in [2.45, 2.75) is 0 Å². The van der Waals surface area contributed by atoms with Crippen molar-refractivity contribution in [2.75, 3.05) is 50.6 Å². The maximum atomic E-state index is 12.9. The van der Waals surface area contributed by atoms with Crippen molar-refractivity contribution in [3.8, 4) is 22.8 Å². The first-order valence-corrected chi connectivity index (χ1v) is 11.1. The third kappa shape index (κ3) is 4.32. The van der Waals surface area contributed by atoms with Crippen LogP contribution in [0.4, 0.5) is 16.3 Å². The second-order valence-electron chi connectivity index (χ2n) is 8.01. The van der Waals surface area contributed by atoms with E-state index in [4.69, 9.17) is 9.47 Å². The van der Waals surface area contributed by atoms with E-state index in [0.29, 0.717) is 43.4 Å². The van der Waals surface area contributed by atoms with Crippen molar-refractivity contribution < 1.29 is 14.3 Å². The number of carbonyl (C=O) groups excluding carboxylic acids is 1. The number of methoxy groups -OCH3 is 2. The summed E-state index contributed by atoms with van der Waals surface area (Å²) >= 11 is 0. The summed E-state index contributed by atoms with van der Waals surface area (Å²) in [7, 11) is 3.16. The van der Waals surface area contributed by atoms with Crippen molar-refractivity contribution in [2.24, 2.45) is 0 Å². The van der Waals surface area contributed by atoms with E-state index in [1.54, 1.807) is 43.6 Å². The lowest BCUT2D eigenvalue weighted by molar-refractivity contribution is 0.208. The molecule has 0 atom stereocenters. The largest absolute Gasteiger partial charge is 0.497 e. The molecule has 34 heavy (non-hydrogen) atoms. The number of piperazine rings is 1. The van der Waals surface area contributed by atoms with Crippen LogP contribution in [-0.4, -0.2) is 66.3 Å². The van der Waals surface area contributed by atoms with E-state index in [1.807, 2.05) is 18.2 Å². The number of aromatic nitrogens is 3. The molecule has 1 saturated heterocycles. The van der Waals surface area contributed by atoms with Gasteiger partial charge in [0.2, 0.25) is 0 Å². The zero-order valence-electron chi connectivity index (χ0n) is 19.1. The molecular formula is C25H26N6O3. The molecule has 2 aromatic heterocycles. The maximum absolute atomic E-state index is 12.9. The SMILES string of the molecule is COc1cc(NC(=O)N2CCN(c3ncnc4[nH]c(-c5ccccc5)cc34)CC2)cc(OC)c1. The van der Waals surface area contributed by atoms with Gasteiger partial charge >= 0.3 is 6.03 Å². The molecular weight excluding hydrogens is 432 g/mol. The van der Waals surface area contributed by atoms with Gasteiger partial charge in [0.05, 0.1) is 19.6 Å². The predicted molar refractivity (Wildman–Crippen MR) is 132 cm³/mol. The molecule has 9 heteroatoms. The van der Waals surface area contributed by atoms with Crippen molar-refractivity contribution in [3.05, 3.63) is 60.9 Å². The smallest absolute Gasteiger partial charge is 0.321 e. The number of urea groups is 1. The minimum absolute atomic E-state index is 0.157. The Hall–Kier alpha value is -4.27. The Bertz CT molecular complexity index is 1280. The molecule has 0 bridgehead atoms. The van der Waals surface area contributed by atoms with E-state index < -0.39 is 0 Å². The van der Waals surface area contributed by atoms with Gasteiger partial charge in [0.15, 0.2) is 0 Å². The highest BCUT2D eigenvalue weighted by Crippen LogP contribution is 2.29. The highest BCUT2D eigenvalue weighted by Gasteiger charge is 2.24. The first kappa shape index (κ1) is 21.6. The van der Waals surface area contributed by atoms with Crippen molar-refractivity contribution in [3.63, 3.8) is 0 Å². The number of benzene rings is 2. The summed E-state index contributed by atoms with van der Waals surface area (Å²) < 4.78 is 10.6.